The Morgan fingerprint density at radius 1 is 1.83 bits per heavy atom. The molecule has 0 aromatic heterocycles. The Morgan fingerprint density at radius 3 is 3.17 bits per heavy atom. The molecule has 3 N–H and O–H groups in total. The highest BCUT2D eigenvalue weighted by atomic mass is 16.4. The van der Waals surface area contributed by atoms with Crippen molar-refractivity contribution in [3.8, 4) is 0 Å². The number of hydrogen-bond donors (Lipinski definition) is 2. The Labute approximate surface area is 74.4 Å². The molecule has 0 saturated heterocycles. The monoisotopic (exact) mass is 169 g/mol. The summed E-state index contributed by atoms with van der Waals surface area (Å²) in [6.45, 7) is 0. The average molecular weight is 169 g/mol. The van der Waals surface area contributed by atoms with Crippen molar-refractivity contribution in [2.45, 2.75) is 18.8 Å². The fourth-order valence-electron chi connectivity index (χ4n) is 1.01. The molecule has 0 amide bonds. The SMILES string of the molecule is [2H]C1([2H])C=CC=CC1C[C@H](N)C(=O)O. The number of carboxylic acid groups (broad SMARTS) is 1. The number of carboxylic acids is 1. The normalized spacial score (nSPS) is 30.6. The molecule has 0 fully saturated rings. The van der Waals surface area contributed by atoms with Crippen molar-refractivity contribution < 1.29 is 12.6 Å². The highest BCUT2D eigenvalue weighted by Gasteiger charge is 2.16. The molecule has 0 aromatic rings. The van der Waals surface area contributed by atoms with Crippen LogP contribution in [0.25, 0.3) is 0 Å². The fraction of sp³-hybridized carbons (Fsp3) is 0.444. The summed E-state index contributed by atoms with van der Waals surface area (Å²) in [5, 5.41) is 8.59. The van der Waals surface area contributed by atoms with Crippen LogP contribution in [0.15, 0.2) is 24.3 Å². The number of hydrogen-bond acceptors (Lipinski definition) is 2. The number of rotatable bonds is 3. The lowest BCUT2D eigenvalue weighted by molar-refractivity contribution is -0.138. The smallest absolute Gasteiger partial charge is 0.320 e. The topological polar surface area (TPSA) is 63.3 Å². The average Bonchev–Trinajstić information content (AvgIpc) is 2.08. The molecular weight excluding hydrogens is 154 g/mol. The predicted octanol–water partition coefficient (Wildman–Crippen LogP) is 0.921. The van der Waals surface area contributed by atoms with Crippen molar-refractivity contribution in [1.29, 1.82) is 0 Å². The van der Waals surface area contributed by atoms with Gasteiger partial charge >= 0.3 is 5.97 Å². The van der Waals surface area contributed by atoms with Crippen molar-refractivity contribution in [2.24, 2.45) is 11.7 Å². The molecule has 0 bridgehead atoms. The largest absolute Gasteiger partial charge is 0.480 e. The molecule has 3 heteroatoms. The zero-order valence-electron chi connectivity index (χ0n) is 8.60. The van der Waals surface area contributed by atoms with Crippen molar-refractivity contribution in [3.05, 3.63) is 24.3 Å². The fourth-order valence-corrected chi connectivity index (χ4v) is 1.01. The maximum Gasteiger partial charge on any atom is 0.320 e. The van der Waals surface area contributed by atoms with Crippen LogP contribution in [0.2, 0.25) is 0 Å². The van der Waals surface area contributed by atoms with Crippen LogP contribution in [-0.2, 0) is 4.79 Å². The van der Waals surface area contributed by atoms with E-state index in [0.717, 1.165) is 0 Å². The third kappa shape index (κ3) is 2.51. The molecule has 1 aliphatic carbocycles. The third-order valence-electron chi connectivity index (χ3n) is 1.69. The summed E-state index contributed by atoms with van der Waals surface area (Å²) < 4.78 is 15.2. The maximum absolute atomic E-state index is 10.5. The lowest BCUT2D eigenvalue weighted by Crippen LogP contribution is -2.32. The maximum atomic E-state index is 10.5. The summed E-state index contributed by atoms with van der Waals surface area (Å²) in [4.78, 5) is 10.5. The molecule has 1 unspecified atom stereocenters. The second-order valence-corrected chi connectivity index (χ2v) is 2.70. The molecule has 12 heavy (non-hydrogen) atoms. The van der Waals surface area contributed by atoms with Gasteiger partial charge in [-0.25, -0.2) is 0 Å². The van der Waals surface area contributed by atoms with Crippen LogP contribution in [-0.4, -0.2) is 17.1 Å². The number of allylic oxidation sites excluding steroid dienone is 4. The van der Waals surface area contributed by atoms with Crippen molar-refractivity contribution in [3.63, 3.8) is 0 Å². The van der Waals surface area contributed by atoms with Gasteiger partial charge in [0.25, 0.3) is 0 Å². The molecule has 1 rings (SSSR count). The molecule has 0 aliphatic heterocycles. The van der Waals surface area contributed by atoms with Gasteiger partial charge in [-0.3, -0.25) is 4.79 Å². The van der Waals surface area contributed by atoms with E-state index in [1.165, 1.54) is 6.08 Å². The Morgan fingerprint density at radius 2 is 2.58 bits per heavy atom. The van der Waals surface area contributed by atoms with Crippen molar-refractivity contribution >= 4 is 5.97 Å². The molecular formula is C9H13NO2. The molecule has 0 heterocycles. The molecule has 66 valence electrons. The Hall–Kier alpha value is -1.09. The summed E-state index contributed by atoms with van der Waals surface area (Å²) in [6.07, 6.45) is 5.02. The standard InChI is InChI=1S/C9H13NO2/c10-8(9(11)12)6-7-4-2-1-3-5-7/h1-4,7-8H,5-6,10H2,(H,11,12)/t7?,8-/m0/s1/i5D2. The second kappa shape index (κ2) is 4.07. The summed E-state index contributed by atoms with van der Waals surface area (Å²) in [5.74, 6) is -1.55. The van der Waals surface area contributed by atoms with Gasteiger partial charge in [-0.15, -0.1) is 0 Å². The third-order valence-corrected chi connectivity index (χ3v) is 1.69. The van der Waals surface area contributed by atoms with E-state index in [0.29, 0.717) is 0 Å². The molecule has 0 spiro atoms. The zero-order valence-corrected chi connectivity index (χ0v) is 6.60. The van der Waals surface area contributed by atoms with E-state index in [9.17, 15) is 4.79 Å². The first-order valence-electron chi connectivity index (χ1n) is 4.78. The molecule has 1 aliphatic rings. The van der Waals surface area contributed by atoms with Gasteiger partial charge in [-0.05, 0) is 18.7 Å². The van der Waals surface area contributed by atoms with Crippen LogP contribution in [0.1, 0.15) is 15.5 Å². The van der Waals surface area contributed by atoms with E-state index in [2.05, 4.69) is 0 Å². The summed E-state index contributed by atoms with van der Waals surface area (Å²) >= 11 is 0. The van der Waals surface area contributed by atoms with Gasteiger partial charge in [0.05, 0.1) is 0 Å². The van der Waals surface area contributed by atoms with Crippen molar-refractivity contribution in [1.82, 2.24) is 0 Å². The quantitative estimate of drug-likeness (QED) is 0.660. The molecule has 3 nitrogen and oxygen atoms in total. The van der Waals surface area contributed by atoms with E-state index >= 15 is 0 Å². The first-order chi connectivity index (χ1) is 6.43. The van der Waals surface area contributed by atoms with Gasteiger partial charge in [0, 0.05) is 2.74 Å². The van der Waals surface area contributed by atoms with E-state index in [1.54, 1.807) is 18.2 Å². The number of carbonyl (C=O) groups is 1. The molecule has 0 radical (unpaired) electrons. The number of nitrogens with two attached hydrogens (primary N) is 1. The van der Waals surface area contributed by atoms with Crippen LogP contribution in [0.3, 0.4) is 0 Å². The van der Waals surface area contributed by atoms with Crippen LogP contribution in [0.4, 0.5) is 0 Å². The zero-order chi connectivity index (χ0) is 10.8. The van der Waals surface area contributed by atoms with E-state index < -0.39 is 24.3 Å². The summed E-state index contributed by atoms with van der Waals surface area (Å²) in [6, 6.07) is -1.01. The first kappa shape index (κ1) is 6.43. The number of aliphatic carboxylic acids is 1. The van der Waals surface area contributed by atoms with Gasteiger partial charge in [0.15, 0.2) is 0 Å². The minimum absolute atomic E-state index is 0.114. The Bertz CT molecular complexity index is 287. The van der Waals surface area contributed by atoms with Crippen molar-refractivity contribution in [2.75, 3.05) is 0 Å². The molecule has 0 aromatic carbocycles. The van der Waals surface area contributed by atoms with Gasteiger partial charge in [0.1, 0.15) is 6.04 Å². The van der Waals surface area contributed by atoms with E-state index in [-0.39, 0.29) is 6.42 Å². The predicted molar refractivity (Wildman–Crippen MR) is 46.6 cm³/mol. The van der Waals surface area contributed by atoms with Crippen LogP contribution in [0, 0.1) is 5.92 Å². The van der Waals surface area contributed by atoms with Gasteiger partial charge in [0.2, 0.25) is 0 Å². The lowest BCUT2D eigenvalue weighted by atomic mass is 9.94. The van der Waals surface area contributed by atoms with Crippen LogP contribution < -0.4 is 5.73 Å². The Kier molecular flexibility index (Phi) is 2.18. The van der Waals surface area contributed by atoms with E-state index in [1.807, 2.05) is 0 Å². The molecule has 0 saturated carbocycles. The minimum atomic E-state index is -1.50. The highest BCUT2D eigenvalue weighted by Crippen LogP contribution is 2.16. The van der Waals surface area contributed by atoms with Gasteiger partial charge in [-0.1, -0.05) is 24.3 Å². The lowest BCUT2D eigenvalue weighted by Gasteiger charge is -2.14. The summed E-state index contributed by atoms with van der Waals surface area (Å²) in [7, 11) is 0. The van der Waals surface area contributed by atoms with Crippen LogP contribution >= 0.6 is 0 Å². The van der Waals surface area contributed by atoms with Gasteiger partial charge in [-0.2, -0.15) is 0 Å². The van der Waals surface area contributed by atoms with Crippen LogP contribution in [0.5, 0.6) is 0 Å². The van der Waals surface area contributed by atoms with Gasteiger partial charge < -0.3 is 10.8 Å². The Balaban J connectivity index is 2.65. The second-order valence-electron chi connectivity index (χ2n) is 2.70. The highest BCUT2D eigenvalue weighted by molar-refractivity contribution is 5.73. The minimum Gasteiger partial charge on any atom is -0.480 e. The first-order valence-corrected chi connectivity index (χ1v) is 3.78. The van der Waals surface area contributed by atoms with E-state index in [4.69, 9.17) is 13.6 Å². The molecule has 2 atom stereocenters. The summed E-state index contributed by atoms with van der Waals surface area (Å²) in [5.41, 5.74) is 5.34.